The molecule has 0 aliphatic heterocycles. The molecule has 2 rings (SSSR count). The number of carbonyl (C=O) groups excluding carboxylic acids is 1. The number of ether oxygens (including phenoxy) is 1. The van der Waals surface area contributed by atoms with Crippen LogP contribution in [0.3, 0.4) is 0 Å². The molecule has 0 fully saturated rings. The number of nitrogens with zero attached hydrogens (tertiary/aromatic N) is 3. The maximum absolute atomic E-state index is 11.5. The van der Waals surface area contributed by atoms with Gasteiger partial charge in [-0.15, -0.1) is 5.10 Å². The predicted octanol–water partition coefficient (Wildman–Crippen LogP) is 1.87. The Morgan fingerprint density at radius 2 is 2.41 bits per heavy atom. The standard InChI is InChI=1S/C11H13N3O2S/c1-3-16-11(15)10-8(2)14(13-12-10)6-9-4-5-17-7-9/h4-5,7H,3,6H2,1-2H3. The highest BCUT2D eigenvalue weighted by atomic mass is 32.1. The average molecular weight is 251 g/mol. The van der Waals surface area contributed by atoms with Gasteiger partial charge in [0.25, 0.3) is 0 Å². The molecule has 90 valence electrons. The summed E-state index contributed by atoms with van der Waals surface area (Å²) in [7, 11) is 0. The fourth-order valence-corrected chi connectivity index (χ4v) is 2.11. The third kappa shape index (κ3) is 2.52. The molecule has 0 saturated heterocycles. The topological polar surface area (TPSA) is 57.0 Å². The lowest BCUT2D eigenvalue weighted by molar-refractivity contribution is 0.0518. The van der Waals surface area contributed by atoms with Gasteiger partial charge in [-0.2, -0.15) is 11.3 Å². The van der Waals surface area contributed by atoms with Crippen LogP contribution in [0, 0.1) is 6.92 Å². The molecule has 17 heavy (non-hydrogen) atoms. The van der Waals surface area contributed by atoms with Gasteiger partial charge < -0.3 is 4.74 Å². The van der Waals surface area contributed by atoms with Crippen molar-refractivity contribution in [2.24, 2.45) is 0 Å². The molecule has 2 aromatic heterocycles. The van der Waals surface area contributed by atoms with Crippen LogP contribution in [0.4, 0.5) is 0 Å². The Morgan fingerprint density at radius 1 is 1.59 bits per heavy atom. The normalized spacial score (nSPS) is 10.5. The molecule has 0 spiro atoms. The molecule has 0 bridgehead atoms. The van der Waals surface area contributed by atoms with E-state index in [9.17, 15) is 4.79 Å². The average Bonchev–Trinajstić information content (AvgIpc) is 2.91. The summed E-state index contributed by atoms with van der Waals surface area (Å²) in [6.45, 7) is 4.55. The molecular weight excluding hydrogens is 238 g/mol. The molecule has 2 aromatic rings. The van der Waals surface area contributed by atoms with Crippen LogP contribution in [-0.4, -0.2) is 27.6 Å². The van der Waals surface area contributed by atoms with Crippen LogP contribution in [0.5, 0.6) is 0 Å². The van der Waals surface area contributed by atoms with E-state index in [4.69, 9.17) is 4.74 Å². The molecule has 0 aliphatic rings. The van der Waals surface area contributed by atoms with Crippen molar-refractivity contribution in [3.05, 3.63) is 33.8 Å². The summed E-state index contributed by atoms with van der Waals surface area (Å²) in [5, 5.41) is 11.9. The summed E-state index contributed by atoms with van der Waals surface area (Å²) in [5.41, 5.74) is 2.18. The fraction of sp³-hybridized carbons (Fsp3) is 0.364. The van der Waals surface area contributed by atoms with Crippen molar-refractivity contribution in [1.82, 2.24) is 15.0 Å². The van der Waals surface area contributed by atoms with Gasteiger partial charge in [0.15, 0.2) is 5.69 Å². The van der Waals surface area contributed by atoms with Crippen molar-refractivity contribution in [1.29, 1.82) is 0 Å². The molecule has 5 nitrogen and oxygen atoms in total. The SMILES string of the molecule is CCOC(=O)c1nnn(Cc2ccsc2)c1C. The van der Waals surface area contributed by atoms with Crippen LogP contribution in [0.2, 0.25) is 0 Å². The van der Waals surface area contributed by atoms with Crippen molar-refractivity contribution in [3.63, 3.8) is 0 Å². The van der Waals surface area contributed by atoms with Crippen LogP contribution in [0.1, 0.15) is 28.7 Å². The molecule has 0 amide bonds. The molecule has 0 aliphatic carbocycles. The largest absolute Gasteiger partial charge is 0.461 e. The molecule has 6 heteroatoms. The molecular formula is C11H13N3O2S. The molecule has 0 N–H and O–H groups in total. The highest BCUT2D eigenvalue weighted by molar-refractivity contribution is 7.07. The fourth-order valence-electron chi connectivity index (χ4n) is 1.45. The smallest absolute Gasteiger partial charge is 0.360 e. The minimum Gasteiger partial charge on any atom is -0.461 e. The predicted molar refractivity (Wildman–Crippen MR) is 64.1 cm³/mol. The van der Waals surface area contributed by atoms with Crippen LogP contribution >= 0.6 is 11.3 Å². The Kier molecular flexibility index (Phi) is 3.53. The van der Waals surface area contributed by atoms with Crippen molar-refractivity contribution in [2.75, 3.05) is 6.61 Å². The van der Waals surface area contributed by atoms with Crippen molar-refractivity contribution in [3.8, 4) is 0 Å². The highest BCUT2D eigenvalue weighted by Gasteiger charge is 2.17. The van der Waals surface area contributed by atoms with Crippen LogP contribution < -0.4 is 0 Å². The van der Waals surface area contributed by atoms with Crippen molar-refractivity contribution in [2.45, 2.75) is 20.4 Å². The summed E-state index contributed by atoms with van der Waals surface area (Å²) in [6.07, 6.45) is 0. The third-order valence-corrected chi connectivity index (χ3v) is 3.10. The lowest BCUT2D eigenvalue weighted by Gasteiger charge is -2.02. The number of carbonyl (C=O) groups is 1. The van der Waals surface area contributed by atoms with Gasteiger partial charge in [-0.1, -0.05) is 5.21 Å². The summed E-state index contributed by atoms with van der Waals surface area (Å²) in [4.78, 5) is 11.5. The van der Waals surface area contributed by atoms with Crippen molar-refractivity contribution >= 4 is 17.3 Å². The zero-order valence-corrected chi connectivity index (χ0v) is 10.5. The number of esters is 1. The minimum absolute atomic E-state index is 0.294. The first-order valence-corrected chi connectivity index (χ1v) is 6.25. The monoisotopic (exact) mass is 251 g/mol. The number of hydrogen-bond donors (Lipinski definition) is 0. The first-order valence-electron chi connectivity index (χ1n) is 5.30. The maximum atomic E-state index is 11.5. The van der Waals surface area contributed by atoms with E-state index in [1.54, 1.807) is 22.9 Å². The Morgan fingerprint density at radius 3 is 3.06 bits per heavy atom. The Balaban J connectivity index is 2.18. The van der Waals surface area contributed by atoms with Gasteiger partial charge in [0.05, 0.1) is 18.8 Å². The number of rotatable bonds is 4. The zero-order valence-electron chi connectivity index (χ0n) is 9.71. The van der Waals surface area contributed by atoms with Crippen molar-refractivity contribution < 1.29 is 9.53 Å². The molecule has 2 heterocycles. The lowest BCUT2D eigenvalue weighted by atomic mass is 10.3. The van der Waals surface area contributed by atoms with Gasteiger partial charge in [-0.3, -0.25) is 0 Å². The maximum Gasteiger partial charge on any atom is 0.360 e. The van der Waals surface area contributed by atoms with Gasteiger partial charge in [0, 0.05) is 0 Å². The Bertz CT molecular complexity index is 505. The molecule has 0 saturated carbocycles. The van der Waals surface area contributed by atoms with E-state index in [1.807, 2.05) is 23.8 Å². The van der Waals surface area contributed by atoms with Crippen LogP contribution in [0.15, 0.2) is 16.8 Å². The second kappa shape index (κ2) is 5.09. The molecule has 0 unspecified atom stereocenters. The number of hydrogen-bond acceptors (Lipinski definition) is 5. The summed E-state index contributed by atoms with van der Waals surface area (Å²) in [6, 6.07) is 2.02. The van der Waals surface area contributed by atoms with E-state index in [0.29, 0.717) is 18.8 Å². The van der Waals surface area contributed by atoms with Gasteiger partial charge in [0.1, 0.15) is 0 Å². The first kappa shape index (κ1) is 11.8. The quantitative estimate of drug-likeness (QED) is 0.778. The summed E-state index contributed by atoms with van der Waals surface area (Å²) < 4.78 is 6.61. The van der Waals surface area contributed by atoms with Gasteiger partial charge >= 0.3 is 5.97 Å². The Labute approximate surface area is 103 Å². The van der Waals surface area contributed by atoms with E-state index >= 15 is 0 Å². The second-order valence-corrected chi connectivity index (χ2v) is 4.31. The highest BCUT2D eigenvalue weighted by Crippen LogP contribution is 2.11. The van der Waals surface area contributed by atoms with E-state index in [1.165, 1.54) is 0 Å². The number of thiophene rings is 1. The summed E-state index contributed by atoms with van der Waals surface area (Å²) >= 11 is 1.63. The Hall–Kier alpha value is -1.69. The van der Waals surface area contributed by atoms with E-state index in [-0.39, 0.29) is 0 Å². The molecule has 0 atom stereocenters. The van der Waals surface area contributed by atoms with Crippen LogP contribution in [-0.2, 0) is 11.3 Å². The lowest BCUT2D eigenvalue weighted by Crippen LogP contribution is -2.08. The van der Waals surface area contributed by atoms with E-state index in [2.05, 4.69) is 10.3 Å². The van der Waals surface area contributed by atoms with Crippen LogP contribution in [0.25, 0.3) is 0 Å². The molecule has 0 radical (unpaired) electrons. The zero-order chi connectivity index (χ0) is 12.3. The molecule has 0 aromatic carbocycles. The first-order chi connectivity index (χ1) is 8.22. The number of aromatic nitrogens is 3. The second-order valence-electron chi connectivity index (χ2n) is 3.53. The van der Waals surface area contributed by atoms with Gasteiger partial charge in [-0.25, -0.2) is 9.48 Å². The van der Waals surface area contributed by atoms with E-state index in [0.717, 1.165) is 11.3 Å². The van der Waals surface area contributed by atoms with E-state index < -0.39 is 5.97 Å². The summed E-state index contributed by atoms with van der Waals surface area (Å²) in [5.74, 6) is -0.415. The van der Waals surface area contributed by atoms with Gasteiger partial charge in [0.2, 0.25) is 0 Å². The third-order valence-electron chi connectivity index (χ3n) is 2.36. The van der Waals surface area contributed by atoms with Gasteiger partial charge in [-0.05, 0) is 36.2 Å². The minimum atomic E-state index is -0.415.